The Bertz CT molecular complexity index is 702. The lowest BCUT2D eigenvalue weighted by atomic mass is 10.1. The Morgan fingerprint density at radius 3 is 2.58 bits per heavy atom. The molecule has 0 aliphatic carbocycles. The van der Waals surface area contributed by atoms with Crippen molar-refractivity contribution in [3.05, 3.63) is 23.8 Å². The summed E-state index contributed by atoms with van der Waals surface area (Å²) in [5, 5.41) is 6.19. The van der Waals surface area contributed by atoms with Crippen LogP contribution in [0.2, 0.25) is 0 Å². The highest BCUT2D eigenvalue weighted by molar-refractivity contribution is 7.89. The summed E-state index contributed by atoms with van der Waals surface area (Å²) in [6, 6.07) is 4.45. The van der Waals surface area contributed by atoms with E-state index in [1.807, 2.05) is 0 Å². The minimum absolute atomic E-state index is 0. The second-order valence-corrected chi connectivity index (χ2v) is 7.91. The third-order valence-corrected chi connectivity index (χ3v) is 6.44. The van der Waals surface area contributed by atoms with E-state index in [-0.39, 0.29) is 34.8 Å². The molecule has 26 heavy (non-hydrogen) atoms. The summed E-state index contributed by atoms with van der Waals surface area (Å²) in [6.07, 6.45) is 1.90. The molecular formula is C17H28ClN3O4S. The molecule has 0 aromatic heterocycles. The SMILES string of the molecule is CCN(CC)S(=O)(=O)c1ccc(OC)c(C(=O)N[C@H]2CCCNC2)c1.Cl. The fourth-order valence-corrected chi connectivity index (χ4v) is 4.46. The molecule has 0 bridgehead atoms. The van der Waals surface area contributed by atoms with E-state index in [4.69, 9.17) is 4.74 Å². The molecule has 1 fully saturated rings. The molecule has 2 rings (SSSR count). The maximum absolute atomic E-state index is 12.7. The minimum atomic E-state index is -3.63. The number of carbonyl (C=O) groups is 1. The number of sulfonamides is 1. The number of benzene rings is 1. The molecule has 1 aliphatic heterocycles. The average Bonchev–Trinajstić information content (AvgIpc) is 2.62. The van der Waals surface area contributed by atoms with Gasteiger partial charge in [0.2, 0.25) is 10.0 Å². The topological polar surface area (TPSA) is 87.7 Å². The van der Waals surface area contributed by atoms with Crippen molar-refractivity contribution in [2.24, 2.45) is 0 Å². The van der Waals surface area contributed by atoms with E-state index in [9.17, 15) is 13.2 Å². The minimum Gasteiger partial charge on any atom is -0.496 e. The van der Waals surface area contributed by atoms with E-state index in [1.54, 1.807) is 13.8 Å². The van der Waals surface area contributed by atoms with Crippen LogP contribution in [0.25, 0.3) is 0 Å². The van der Waals surface area contributed by atoms with Crippen LogP contribution in [0, 0.1) is 0 Å². The summed E-state index contributed by atoms with van der Waals surface area (Å²) in [6.45, 7) is 5.99. The summed E-state index contributed by atoms with van der Waals surface area (Å²) < 4.78 is 32.0. The Kier molecular flexibility index (Phi) is 8.82. The molecule has 1 atom stereocenters. The van der Waals surface area contributed by atoms with Gasteiger partial charge in [0.05, 0.1) is 17.6 Å². The van der Waals surface area contributed by atoms with Crippen molar-refractivity contribution in [3.8, 4) is 5.75 Å². The Morgan fingerprint density at radius 1 is 1.35 bits per heavy atom. The quantitative estimate of drug-likeness (QED) is 0.719. The van der Waals surface area contributed by atoms with Crippen LogP contribution in [0.15, 0.2) is 23.1 Å². The lowest BCUT2D eigenvalue weighted by molar-refractivity contribution is 0.0927. The molecule has 0 spiro atoms. The van der Waals surface area contributed by atoms with Gasteiger partial charge >= 0.3 is 0 Å². The van der Waals surface area contributed by atoms with Crippen molar-refractivity contribution >= 4 is 28.3 Å². The smallest absolute Gasteiger partial charge is 0.255 e. The summed E-state index contributed by atoms with van der Waals surface area (Å²) in [5.74, 6) is 0.0434. The molecule has 1 aromatic rings. The van der Waals surface area contributed by atoms with Crippen LogP contribution in [0.4, 0.5) is 0 Å². The van der Waals surface area contributed by atoms with Gasteiger partial charge in [-0.2, -0.15) is 4.31 Å². The van der Waals surface area contributed by atoms with Gasteiger partial charge in [-0.05, 0) is 37.6 Å². The van der Waals surface area contributed by atoms with Crippen molar-refractivity contribution in [2.45, 2.75) is 37.6 Å². The van der Waals surface area contributed by atoms with Gasteiger partial charge in [0.1, 0.15) is 5.75 Å². The highest BCUT2D eigenvalue weighted by atomic mass is 35.5. The van der Waals surface area contributed by atoms with Gasteiger partial charge in [0.25, 0.3) is 5.91 Å². The average molecular weight is 406 g/mol. The zero-order valence-electron chi connectivity index (χ0n) is 15.4. The van der Waals surface area contributed by atoms with Crippen LogP contribution in [0.5, 0.6) is 5.75 Å². The van der Waals surface area contributed by atoms with Crippen LogP contribution in [0.1, 0.15) is 37.0 Å². The zero-order chi connectivity index (χ0) is 18.4. The Labute approximate surface area is 161 Å². The number of rotatable bonds is 7. The molecule has 1 amide bonds. The molecule has 7 nitrogen and oxygen atoms in total. The first-order chi connectivity index (χ1) is 11.9. The zero-order valence-corrected chi connectivity index (χ0v) is 17.1. The van der Waals surface area contributed by atoms with Crippen LogP contribution < -0.4 is 15.4 Å². The first-order valence-corrected chi connectivity index (χ1v) is 10.1. The predicted octanol–water partition coefficient (Wildman–Crippen LogP) is 1.63. The van der Waals surface area contributed by atoms with Gasteiger partial charge in [-0.3, -0.25) is 4.79 Å². The molecule has 9 heteroatoms. The molecule has 1 aromatic carbocycles. The number of halogens is 1. The van der Waals surface area contributed by atoms with Crippen molar-refractivity contribution in [1.82, 2.24) is 14.9 Å². The maximum Gasteiger partial charge on any atom is 0.255 e. The monoisotopic (exact) mass is 405 g/mol. The normalized spacial score (nSPS) is 17.5. The lowest BCUT2D eigenvalue weighted by Crippen LogP contribution is -2.45. The van der Waals surface area contributed by atoms with E-state index in [0.717, 1.165) is 19.4 Å². The lowest BCUT2D eigenvalue weighted by Gasteiger charge is -2.24. The van der Waals surface area contributed by atoms with Crippen LogP contribution in [-0.4, -0.2) is 58.0 Å². The van der Waals surface area contributed by atoms with Crippen molar-refractivity contribution in [2.75, 3.05) is 33.3 Å². The number of nitrogens with zero attached hydrogens (tertiary/aromatic N) is 1. The number of ether oxygens (including phenoxy) is 1. The second-order valence-electron chi connectivity index (χ2n) is 5.97. The standard InChI is InChI=1S/C17H27N3O4S.ClH/c1-4-20(5-2)25(22,23)14-8-9-16(24-3)15(11-14)17(21)19-13-7-6-10-18-12-13;/h8-9,11,13,18H,4-7,10,12H2,1-3H3,(H,19,21);1H/t13-;/m0./s1. The molecule has 0 saturated carbocycles. The number of amides is 1. The number of piperidine rings is 1. The largest absolute Gasteiger partial charge is 0.496 e. The highest BCUT2D eigenvalue weighted by Gasteiger charge is 2.25. The van der Waals surface area contributed by atoms with E-state index < -0.39 is 10.0 Å². The van der Waals surface area contributed by atoms with E-state index in [0.29, 0.717) is 25.4 Å². The second kappa shape index (κ2) is 10.1. The molecule has 0 radical (unpaired) electrons. The number of nitrogens with one attached hydrogen (secondary N) is 2. The van der Waals surface area contributed by atoms with Gasteiger partial charge in [-0.1, -0.05) is 13.8 Å². The highest BCUT2D eigenvalue weighted by Crippen LogP contribution is 2.25. The van der Waals surface area contributed by atoms with Gasteiger partial charge in [-0.15, -0.1) is 12.4 Å². The summed E-state index contributed by atoms with van der Waals surface area (Å²) in [5.41, 5.74) is 0.237. The summed E-state index contributed by atoms with van der Waals surface area (Å²) in [7, 11) is -2.16. The molecule has 1 aliphatic rings. The van der Waals surface area contributed by atoms with Gasteiger partial charge in [-0.25, -0.2) is 8.42 Å². The number of hydrogen-bond acceptors (Lipinski definition) is 5. The fourth-order valence-electron chi connectivity index (χ4n) is 2.98. The third kappa shape index (κ3) is 5.09. The van der Waals surface area contributed by atoms with E-state index in [2.05, 4.69) is 10.6 Å². The Balaban J connectivity index is 0.00000338. The van der Waals surface area contributed by atoms with Crippen molar-refractivity contribution in [1.29, 1.82) is 0 Å². The Morgan fingerprint density at radius 2 is 2.04 bits per heavy atom. The van der Waals surface area contributed by atoms with Crippen molar-refractivity contribution in [3.63, 3.8) is 0 Å². The first kappa shape index (κ1) is 22.7. The molecule has 148 valence electrons. The van der Waals surface area contributed by atoms with Crippen molar-refractivity contribution < 1.29 is 17.9 Å². The van der Waals surface area contributed by atoms with Crippen LogP contribution >= 0.6 is 12.4 Å². The summed E-state index contributed by atoms with van der Waals surface area (Å²) >= 11 is 0. The van der Waals surface area contributed by atoms with Crippen LogP contribution in [0.3, 0.4) is 0 Å². The van der Waals surface area contributed by atoms with E-state index in [1.165, 1.54) is 29.6 Å². The Hall–Kier alpha value is -1.35. The van der Waals surface area contributed by atoms with E-state index >= 15 is 0 Å². The maximum atomic E-state index is 12.7. The molecule has 1 saturated heterocycles. The molecule has 2 N–H and O–H groups in total. The first-order valence-electron chi connectivity index (χ1n) is 8.63. The molecular weight excluding hydrogens is 378 g/mol. The van der Waals surface area contributed by atoms with Gasteiger partial charge in [0.15, 0.2) is 0 Å². The summed E-state index contributed by atoms with van der Waals surface area (Å²) in [4.78, 5) is 12.8. The molecule has 1 heterocycles. The van der Waals surface area contributed by atoms with Crippen LogP contribution in [-0.2, 0) is 10.0 Å². The molecule has 0 unspecified atom stereocenters. The number of carbonyl (C=O) groups excluding carboxylic acids is 1. The number of hydrogen-bond donors (Lipinski definition) is 2. The fraction of sp³-hybridized carbons (Fsp3) is 0.588. The third-order valence-electron chi connectivity index (χ3n) is 4.39. The van der Waals surface area contributed by atoms with Gasteiger partial charge < -0.3 is 15.4 Å². The number of methoxy groups -OCH3 is 1. The predicted molar refractivity (Wildman–Crippen MR) is 104 cm³/mol. The van der Waals surface area contributed by atoms with Gasteiger partial charge in [0, 0.05) is 25.7 Å².